The van der Waals surface area contributed by atoms with E-state index in [1.807, 2.05) is 37.3 Å². The van der Waals surface area contributed by atoms with Crippen molar-refractivity contribution in [1.82, 2.24) is 0 Å². The van der Waals surface area contributed by atoms with Crippen molar-refractivity contribution in [3.8, 4) is 5.75 Å². The first-order valence-electron chi connectivity index (χ1n) is 5.77. The van der Waals surface area contributed by atoms with Crippen molar-refractivity contribution in [2.24, 2.45) is 0 Å². The highest BCUT2D eigenvalue weighted by Crippen LogP contribution is 2.27. The summed E-state index contributed by atoms with van der Waals surface area (Å²) in [5.74, 6) is 0.848. The van der Waals surface area contributed by atoms with Gasteiger partial charge in [-0.05, 0) is 37.5 Å². The summed E-state index contributed by atoms with van der Waals surface area (Å²) >= 11 is 0. The molecule has 0 atom stereocenters. The van der Waals surface area contributed by atoms with Gasteiger partial charge in [0.05, 0.1) is 6.10 Å². The third kappa shape index (κ3) is 2.96. The molecule has 0 saturated heterocycles. The van der Waals surface area contributed by atoms with Crippen LogP contribution < -0.4 is 4.74 Å². The normalized spacial score (nSPS) is 15.3. The van der Waals surface area contributed by atoms with Crippen LogP contribution in [0.4, 0.5) is 0 Å². The van der Waals surface area contributed by atoms with Crippen molar-refractivity contribution in [2.45, 2.75) is 32.3 Å². The second-order valence-electron chi connectivity index (χ2n) is 4.02. The standard InChI is InChI=1S/C14H16O2/c1-2-3-7-14(15)11-5-4-6-13(10-11)16-12-8-9-12/h3-7,10,12H,2,8-9H2,1H3/b7-3+. The van der Waals surface area contributed by atoms with Crippen LogP contribution in [0.15, 0.2) is 36.4 Å². The van der Waals surface area contributed by atoms with Crippen LogP contribution in [0.25, 0.3) is 0 Å². The van der Waals surface area contributed by atoms with Crippen LogP contribution in [0.3, 0.4) is 0 Å². The number of carbonyl (C=O) groups excluding carboxylic acids is 1. The summed E-state index contributed by atoms with van der Waals surface area (Å²) in [7, 11) is 0. The molecule has 84 valence electrons. The fraction of sp³-hybridized carbons (Fsp3) is 0.357. The molecule has 1 aromatic rings. The molecule has 1 fully saturated rings. The molecule has 16 heavy (non-hydrogen) atoms. The molecule has 1 saturated carbocycles. The van der Waals surface area contributed by atoms with Gasteiger partial charge in [-0.3, -0.25) is 4.79 Å². The minimum atomic E-state index is 0.0445. The highest BCUT2D eigenvalue weighted by atomic mass is 16.5. The molecule has 0 bridgehead atoms. The maximum absolute atomic E-state index is 11.7. The minimum absolute atomic E-state index is 0.0445. The Labute approximate surface area is 95.9 Å². The Balaban J connectivity index is 2.07. The number of benzene rings is 1. The molecule has 0 heterocycles. The van der Waals surface area contributed by atoms with Crippen LogP contribution in [0.2, 0.25) is 0 Å². The third-order valence-electron chi connectivity index (χ3n) is 2.45. The first-order chi connectivity index (χ1) is 7.79. The lowest BCUT2D eigenvalue weighted by molar-refractivity contribution is 0.104. The first kappa shape index (κ1) is 10.9. The highest BCUT2D eigenvalue weighted by molar-refractivity contribution is 6.04. The molecule has 2 rings (SSSR count). The Bertz CT molecular complexity index is 403. The molecule has 1 aromatic carbocycles. The summed E-state index contributed by atoms with van der Waals surface area (Å²) in [4.78, 5) is 11.7. The van der Waals surface area contributed by atoms with E-state index in [1.165, 1.54) is 0 Å². The average Bonchev–Trinajstić information content (AvgIpc) is 3.10. The quantitative estimate of drug-likeness (QED) is 0.557. The molecule has 0 radical (unpaired) electrons. The van der Waals surface area contributed by atoms with Crippen molar-refractivity contribution in [2.75, 3.05) is 0 Å². The fourth-order valence-electron chi connectivity index (χ4n) is 1.42. The third-order valence-corrected chi connectivity index (χ3v) is 2.45. The maximum atomic E-state index is 11.7. The van der Waals surface area contributed by atoms with E-state index in [4.69, 9.17) is 4.74 Å². The lowest BCUT2D eigenvalue weighted by Gasteiger charge is -2.04. The topological polar surface area (TPSA) is 26.3 Å². The van der Waals surface area contributed by atoms with Crippen LogP contribution in [-0.4, -0.2) is 11.9 Å². The van der Waals surface area contributed by atoms with Crippen LogP contribution in [0.1, 0.15) is 36.5 Å². The second kappa shape index (κ2) is 4.97. The van der Waals surface area contributed by atoms with E-state index < -0.39 is 0 Å². The molecule has 2 heteroatoms. The zero-order chi connectivity index (χ0) is 11.4. The summed E-state index contributed by atoms with van der Waals surface area (Å²) in [5.41, 5.74) is 0.697. The molecule has 0 aromatic heterocycles. The SMILES string of the molecule is CC/C=C/C(=O)c1cccc(OC2CC2)c1. The molecule has 1 aliphatic carbocycles. The summed E-state index contributed by atoms with van der Waals surface area (Å²) in [6.45, 7) is 2.01. The van der Waals surface area contributed by atoms with Crippen molar-refractivity contribution in [3.05, 3.63) is 42.0 Å². The molecule has 0 spiro atoms. The van der Waals surface area contributed by atoms with E-state index in [0.29, 0.717) is 11.7 Å². The van der Waals surface area contributed by atoms with Gasteiger partial charge in [-0.15, -0.1) is 0 Å². The van der Waals surface area contributed by atoms with Gasteiger partial charge in [0, 0.05) is 5.56 Å². The lowest BCUT2D eigenvalue weighted by atomic mass is 10.1. The molecular weight excluding hydrogens is 200 g/mol. The van der Waals surface area contributed by atoms with Gasteiger partial charge in [0.1, 0.15) is 5.75 Å². The van der Waals surface area contributed by atoms with Gasteiger partial charge in [0.15, 0.2) is 5.78 Å². The summed E-state index contributed by atoms with van der Waals surface area (Å²) < 4.78 is 5.64. The Morgan fingerprint density at radius 2 is 2.31 bits per heavy atom. The highest BCUT2D eigenvalue weighted by Gasteiger charge is 2.23. The van der Waals surface area contributed by atoms with E-state index in [9.17, 15) is 4.79 Å². The van der Waals surface area contributed by atoms with Gasteiger partial charge in [-0.1, -0.05) is 25.1 Å². The van der Waals surface area contributed by atoms with Crippen molar-refractivity contribution in [3.63, 3.8) is 0 Å². The van der Waals surface area contributed by atoms with Gasteiger partial charge in [-0.2, -0.15) is 0 Å². The molecule has 0 unspecified atom stereocenters. The molecule has 2 nitrogen and oxygen atoms in total. The smallest absolute Gasteiger partial charge is 0.185 e. The Kier molecular flexibility index (Phi) is 3.40. The summed E-state index contributed by atoms with van der Waals surface area (Å²) in [5, 5.41) is 0. The number of rotatable bonds is 5. The van der Waals surface area contributed by atoms with E-state index >= 15 is 0 Å². The van der Waals surface area contributed by atoms with Gasteiger partial charge in [-0.25, -0.2) is 0 Å². The number of hydrogen-bond acceptors (Lipinski definition) is 2. The Morgan fingerprint density at radius 3 is 3.00 bits per heavy atom. The fourth-order valence-corrected chi connectivity index (χ4v) is 1.42. The first-order valence-corrected chi connectivity index (χ1v) is 5.77. The number of allylic oxidation sites excluding steroid dienone is 2. The minimum Gasteiger partial charge on any atom is -0.490 e. The van der Waals surface area contributed by atoms with Crippen LogP contribution in [-0.2, 0) is 0 Å². The molecule has 0 aliphatic heterocycles. The van der Waals surface area contributed by atoms with Crippen LogP contribution >= 0.6 is 0 Å². The lowest BCUT2D eigenvalue weighted by Crippen LogP contribution is -1.99. The zero-order valence-corrected chi connectivity index (χ0v) is 9.48. The number of ether oxygens (including phenoxy) is 1. The molecule has 0 N–H and O–H groups in total. The number of hydrogen-bond donors (Lipinski definition) is 0. The number of ketones is 1. The van der Waals surface area contributed by atoms with E-state index in [-0.39, 0.29) is 5.78 Å². The van der Waals surface area contributed by atoms with Gasteiger partial charge in [0.2, 0.25) is 0 Å². The summed E-state index contributed by atoms with van der Waals surface area (Å²) in [6, 6.07) is 7.41. The van der Waals surface area contributed by atoms with Crippen molar-refractivity contribution >= 4 is 5.78 Å². The van der Waals surface area contributed by atoms with E-state index in [2.05, 4.69) is 0 Å². The van der Waals surface area contributed by atoms with E-state index in [0.717, 1.165) is 25.0 Å². The van der Waals surface area contributed by atoms with Crippen LogP contribution in [0, 0.1) is 0 Å². The van der Waals surface area contributed by atoms with Gasteiger partial charge >= 0.3 is 0 Å². The van der Waals surface area contributed by atoms with Gasteiger partial charge < -0.3 is 4.74 Å². The molecule has 0 amide bonds. The Morgan fingerprint density at radius 1 is 1.50 bits per heavy atom. The van der Waals surface area contributed by atoms with E-state index in [1.54, 1.807) is 6.08 Å². The summed E-state index contributed by atoms with van der Waals surface area (Å²) in [6.07, 6.45) is 7.01. The van der Waals surface area contributed by atoms with Crippen LogP contribution in [0.5, 0.6) is 5.75 Å². The van der Waals surface area contributed by atoms with Gasteiger partial charge in [0.25, 0.3) is 0 Å². The van der Waals surface area contributed by atoms with Crippen molar-refractivity contribution in [1.29, 1.82) is 0 Å². The monoisotopic (exact) mass is 216 g/mol. The average molecular weight is 216 g/mol. The predicted octanol–water partition coefficient (Wildman–Crippen LogP) is 3.38. The zero-order valence-electron chi connectivity index (χ0n) is 9.48. The van der Waals surface area contributed by atoms with Crippen molar-refractivity contribution < 1.29 is 9.53 Å². The predicted molar refractivity (Wildman–Crippen MR) is 63.9 cm³/mol. The molecular formula is C14H16O2. The number of carbonyl (C=O) groups is 1. The molecule has 1 aliphatic rings. The Hall–Kier alpha value is -1.57. The largest absolute Gasteiger partial charge is 0.490 e. The maximum Gasteiger partial charge on any atom is 0.185 e. The second-order valence-corrected chi connectivity index (χ2v) is 4.02.